The van der Waals surface area contributed by atoms with E-state index < -0.39 is 0 Å². The highest BCUT2D eigenvalue weighted by atomic mass is 35.5. The summed E-state index contributed by atoms with van der Waals surface area (Å²) in [6.45, 7) is 1.56. The Kier molecular flexibility index (Phi) is 8.16. The van der Waals surface area contributed by atoms with Gasteiger partial charge in [-0.25, -0.2) is 0 Å². The lowest BCUT2D eigenvalue weighted by atomic mass is 9.96. The number of carbonyl (C=O) groups is 3. The van der Waals surface area contributed by atoms with E-state index in [1.165, 1.54) is 5.56 Å². The van der Waals surface area contributed by atoms with Gasteiger partial charge in [0.05, 0.1) is 5.92 Å². The molecule has 2 N–H and O–H groups in total. The van der Waals surface area contributed by atoms with Gasteiger partial charge in [0.15, 0.2) is 0 Å². The highest BCUT2D eigenvalue weighted by Crippen LogP contribution is 2.21. The number of rotatable bonds is 7. The van der Waals surface area contributed by atoms with Crippen LogP contribution in [0.25, 0.3) is 0 Å². The summed E-state index contributed by atoms with van der Waals surface area (Å²) >= 11 is 5.89. The number of hydrogen-bond donors (Lipinski definition) is 2. The van der Waals surface area contributed by atoms with E-state index in [1.807, 2.05) is 30.3 Å². The number of nitrogens with zero attached hydrogens (tertiary/aromatic N) is 1. The van der Waals surface area contributed by atoms with Crippen molar-refractivity contribution in [1.82, 2.24) is 10.2 Å². The molecule has 1 saturated heterocycles. The quantitative estimate of drug-likeness (QED) is 0.500. The zero-order valence-corrected chi connectivity index (χ0v) is 20.1. The lowest BCUT2D eigenvalue weighted by Crippen LogP contribution is -2.45. The predicted octanol–water partition coefficient (Wildman–Crippen LogP) is 4.80. The summed E-state index contributed by atoms with van der Waals surface area (Å²) in [5.41, 5.74) is 2.66. The number of anilines is 1. The molecule has 1 atom stereocenters. The molecular formula is C28H28ClN3O3. The van der Waals surface area contributed by atoms with Gasteiger partial charge in [0.1, 0.15) is 0 Å². The largest absolute Gasteiger partial charge is 0.355 e. The number of benzene rings is 3. The Labute approximate surface area is 210 Å². The van der Waals surface area contributed by atoms with Gasteiger partial charge in [-0.15, -0.1) is 0 Å². The molecule has 0 bridgehead atoms. The first kappa shape index (κ1) is 24.5. The minimum absolute atomic E-state index is 0.0117. The average Bonchev–Trinajstić information content (AvgIpc) is 2.89. The number of halogens is 1. The Morgan fingerprint density at radius 3 is 2.46 bits per heavy atom. The fourth-order valence-corrected chi connectivity index (χ4v) is 4.34. The van der Waals surface area contributed by atoms with E-state index in [2.05, 4.69) is 10.6 Å². The molecule has 7 heteroatoms. The van der Waals surface area contributed by atoms with Crippen molar-refractivity contribution >= 4 is 35.0 Å². The van der Waals surface area contributed by atoms with E-state index >= 15 is 0 Å². The van der Waals surface area contributed by atoms with Crippen molar-refractivity contribution in [3.8, 4) is 0 Å². The summed E-state index contributed by atoms with van der Waals surface area (Å²) in [6.07, 6.45) is 2.31. The van der Waals surface area contributed by atoms with Crippen LogP contribution in [-0.2, 0) is 11.2 Å². The van der Waals surface area contributed by atoms with Crippen LogP contribution < -0.4 is 10.6 Å². The Morgan fingerprint density at radius 2 is 1.69 bits per heavy atom. The van der Waals surface area contributed by atoms with Crippen molar-refractivity contribution in [2.45, 2.75) is 19.3 Å². The van der Waals surface area contributed by atoms with E-state index in [9.17, 15) is 14.4 Å². The molecule has 0 aliphatic carbocycles. The summed E-state index contributed by atoms with van der Waals surface area (Å²) in [5.74, 6) is -0.662. The molecule has 0 aromatic heterocycles. The SMILES string of the molecule is O=C(Nc1cccc(C(=O)N2CCCC(C(=O)NCCc3ccccc3)C2)c1)c1ccc(Cl)cc1. The molecule has 0 saturated carbocycles. The maximum atomic E-state index is 13.2. The molecule has 1 fully saturated rings. The molecular weight excluding hydrogens is 462 g/mol. The Morgan fingerprint density at radius 1 is 0.914 bits per heavy atom. The first-order chi connectivity index (χ1) is 17.0. The second kappa shape index (κ2) is 11.7. The van der Waals surface area contributed by atoms with Gasteiger partial charge < -0.3 is 15.5 Å². The summed E-state index contributed by atoms with van der Waals surface area (Å²) < 4.78 is 0. The average molecular weight is 490 g/mol. The second-order valence-electron chi connectivity index (χ2n) is 8.66. The third-order valence-corrected chi connectivity index (χ3v) is 6.36. The number of nitrogens with one attached hydrogen (secondary N) is 2. The van der Waals surface area contributed by atoms with Crippen LogP contribution in [0.5, 0.6) is 0 Å². The van der Waals surface area contributed by atoms with Crippen LogP contribution in [0.3, 0.4) is 0 Å². The van der Waals surface area contributed by atoms with Crippen LogP contribution in [-0.4, -0.2) is 42.3 Å². The molecule has 3 aromatic carbocycles. The molecule has 4 rings (SSSR count). The maximum absolute atomic E-state index is 13.2. The van der Waals surface area contributed by atoms with Crippen LogP contribution in [0.2, 0.25) is 5.02 Å². The fraction of sp³-hybridized carbons (Fsp3) is 0.250. The van der Waals surface area contributed by atoms with Gasteiger partial charge in [-0.1, -0.05) is 48.0 Å². The molecule has 1 heterocycles. The molecule has 1 aliphatic heterocycles. The molecule has 180 valence electrons. The Hall–Kier alpha value is -3.64. The van der Waals surface area contributed by atoms with Crippen molar-refractivity contribution in [3.63, 3.8) is 0 Å². The summed E-state index contributed by atoms with van der Waals surface area (Å²) in [7, 11) is 0. The molecule has 35 heavy (non-hydrogen) atoms. The third-order valence-electron chi connectivity index (χ3n) is 6.11. The van der Waals surface area contributed by atoms with E-state index in [0.717, 1.165) is 19.3 Å². The number of carbonyl (C=O) groups excluding carboxylic acids is 3. The van der Waals surface area contributed by atoms with Crippen LogP contribution in [0.1, 0.15) is 39.1 Å². The Bertz CT molecular complexity index is 1180. The summed E-state index contributed by atoms with van der Waals surface area (Å²) in [4.78, 5) is 40.1. The molecule has 3 aromatic rings. The normalized spacial score (nSPS) is 15.3. The standard InChI is InChI=1S/C28H28ClN3O3/c29-24-13-11-21(12-14-24)27(34)31-25-10-4-8-22(18-25)28(35)32-17-5-9-23(19-32)26(33)30-16-15-20-6-2-1-3-7-20/h1-4,6-8,10-14,18,23H,5,9,15-17,19H2,(H,30,33)(H,31,34). The van der Waals surface area contributed by atoms with Crippen molar-refractivity contribution in [2.75, 3.05) is 25.0 Å². The van der Waals surface area contributed by atoms with Crippen molar-refractivity contribution in [3.05, 3.63) is 101 Å². The van der Waals surface area contributed by atoms with Crippen LogP contribution in [0.15, 0.2) is 78.9 Å². The molecule has 1 aliphatic rings. The zero-order chi connectivity index (χ0) is 24.6. The lowest BCUT2D eigenvalue weighted by Gasteiger charge is -2.32. The van der Waals surface area contributed by atoms with Gasteiger partial charge in [-0.05, 0) is 67.3 Å². The van der Waals surface area contributed by atoms with Crippen LogP contribution >= 0.6 is 11.6 Å². The highest BCUT2D eigenvalue weighted by Gasteiger charge is 2.29. The second-order valence-corrected chi connectivity index (χ2v) is 9.10. The zero-order valence-electron chi connectivity index (χ0n) is 19.4. The molecule has 0 radical (unpaired) electrons. The minimum Gasteiger partial charge on any atom is -0.355 e. The molecule has 1 unspecified atom stereocenters. The predicted molar refractivity (Wildman–Crippen MR) is 138 cm³/mol. The number of hydrogen-bond acceptors (Lipinski definition) is 3. The maximum Gasteiger partial charge on any atom is 0.255 e. The van der Waals surface area contributed by atoms with E-state index in [4.69, 9.17) is 11.6 Å². The molecule has 3 amide bonds. The van der Waals surface area contributed by atoms with Crippen molar-refractivity contribution in [1.29, 1.82) is 0 Å². The highest BCUT2D eigenvalue weighted by molar-refractivity contribution is 6.30. The van der Waals surface area contributed by atoms with Gasteiger partial charge in [0.25, 0.3) is 11.8 Å². The number of amides is 3. The monoisotopic (exact) mass is 489 g/mol. The van der Waals surface area contributed by atoms with Gasteiger partial charge in [0, 0.05) is 41.5 Å². The summed E-state index contributed by atoms with van der Waals surface area (Å²) in [6, 6.07) is 23.5. The minimum atomic E-state index is -0.281. The summed E-state index contributed by atoms with van der Waals surface area (Å²) in [5, 5.41) is 6.39. The third kappa shape index (κ3) is 6.70. The van der Waals surface area contributed by atoms with Crippen LogP contribution in [0.4, 0.5) is 5.69 Å². The van der Waals surface area contributed by atoms with Gasteiger partial charge >= 0.3 is 0 Å². The topological polar surface area (TPSA) is 78.5 Å². The van der Waals surface area contributed by atoms with E-state index in [-0.39, 0.29) is 23.6 Å². The van der Waals surface area contributed by atoms with E-state index in [1.54, 1.807) is 53.4 Å². The Balaban J connectivity index is 1.33. The first-order valence-electron chi connectivity index (χ1n) is 11.8. The van der Waals surface area contributed by atoms with Crippen molar-refractivity contribution in [2.24, 2.45) is 5.92 Å². The fourth-order valence-electron chi connectivity index (χ4n) is 4.21. The smallest absolute Gasteiger partial charge is 0.255 e. The van der Waals surface area contributed by atoms with Gasteiger partial charge in [-0.3, -0.25) is 14.4 Å². The van der Waals surface area contributed by atoms with E-state index in [0.29, 0.717) is 41.5 Å². The molecule has 0 spiro atoms. The lowest BCUT2D eigenvalue weighted by molar-refractivity contribution is -0.126. The number of piperidine rings is 1. The number of likely N-dealkylation sites (tertiary alicyclic amines) is 1. The first-order valence-corrected chi connectivity index (χ1v) is 12.2. The molecule has 6 nitrogen and oxygen atoms in total. The van der Waals surface area contributed by atoms with Gasteiger partial charge in [0.2, 0.25) is 5.91 Å². The van der Waals surface area contributed by atoms with Crippen molar-refractivity contribution < 1.29 is 14.4 Å². The van der Waals surface area contributed by atoms with Crippen LogP contribution in [0, 0.1) is 5.92 Å². The van der Waals surface area contributed by atoms with Gasteiger partial charge in [-0.2, -0.15) is 0 Å².